The lowest BCUT2D eigenvalue weighted by molar-refractivity contribution is 0.00674. The Morgan fingerprint density at radius 1 is 0.857 bits per heavy atom. The number of carbonyl (C=O) groups excluding carboxylic acids is 1. The van der Waals surface area contributed by atoms with E-state index in [1.807, 2.05) is 73.1 Å². The van der Waals surface area contributed by atoms with Crippen LogP contribution in [0.15, 0.2) is 78.9 Å². The molecule has 4 nitrogen and oxygen atoms in total. The van der Waals surface area contributed by atoms with Crippen molar-refractivity contribution in [3.05, 3.63) is 116 Å². The zero-order valence-electron chi connectivity index (χ0n) is 18.8. The second-order valence-electron chi connectivity index (χ2n) is 8.24. The molecule has 0 radical (unpaired) electrons. The fraction of sp³-hybridized carbons (Fsp3) is 0.111. The van der Waals surface area contributed by atoms with Crippen molar-refractivity contribution in [1.29, 1.82) is 0 Å². The maximum atomic E-state index is 13.5. The highest BCUT2D eigenvalue weighted by Gasteiger charge is 2.34. The number of fused-ring (bicyclic) bond motifs is 1. The summed E-state index contributed by atoms with van der Waals surface area (Å²) in [7, 11) is 0. The first-order chi connectivity index (χ1) is 16.7. The number of aryl methyl sites for hydroxylation is 1. The monoisotopic (exact) mass is 540 g/mol. The number of esters is 1. The van der Waals surface area contributed by atoms with Crippen molar-refractivity contribution in [2.24, 2.45) is 0 Å². The van der Waals surface area contributed by atoms with Gasteiger partial charge in [0.2, 0.25) is 0 Å². The minimum atomic E-state index is -1.06. The van der Waals surface area contributed by atoms with Gasteiger partial charge in [-0.2, -0.15) is 5.10 Å². The zero-order valence-corrected chi connectivity index (χ0v) is 21.8. The smallest absolute Gasteiger partial charge is 0.349 e. The second kappa shape index (κ2) is 9.32. The molecule has 0 aliphatic carbocycles. The van der Waals surface area contributed by atoms with Crippen molar-refractivity contribution in [2.45, 2.75) is 19.4 Å². The van der Waals surface area contributed by atoms with Gasteiger partial charge in [0.25, 0.3) is 0 Å². The molecule has 0 atom stereocenters. The molecule has 0 unspecified atom stereocenters. The number of rotatable bonds is 5. The van der Waals surface area contributed by atoms with Gasteiger partial charge in [-0.15, -0.1) is 11.3 Å². The number of hydrogen-bond donors (Lipinski definition) is 0. The Labute approximate surface area is 221 Å². The van der Waals surface area contributed by atoms with Crippen LogP contribution in [0.2, 0.25) is 15.1 Å². The van der Waals surface area contributed by atoms with E-state index in [0.29, 0.717) is 19.9 Å². The Hall–Kier alpha value is -2.83. The van der Waals surface area contributed by atoms with Crippen LogP contribution in [0.25, 0.3) is 15.9 Å². The maximum absolute atomic E-state index is 13.5. The third kappa shape index (κ3) is 4.57. The normalized spacial score (nSPS) is 11.7. The Bertz CT molecular complexity index is 1480. The molecule has 176 valence electrons. The molecule has 0 bridgehead atoms. The van der Waals surface area contributed by atoms with Gasteiger partial charge in [0, 0.05) is 20.5 Å². The number of nitrogens with zero attached hydrogens (tertiary/aromatic N) is 2. The molecule has 35 heavy (non-hydrogen) atoms. The van der Waals surface area contributed by atoms with E-state index < -0.39 is 11.6 Å². The van der Waals surface area contributed by atoms with Crippen molar-refractivity contribution in [2.75, 3.05) is 0 Å². The Morgan fingerprint density at radius 3 is 1.86 bits per heavy atom. The van der Waals surface area contributed by atoms with Gasteiger partial charge >= 0.3 is 5.97 Å². The fourth-order valence-corrected chi connectivity index (χ4v) is 5.40. The van der Waals surface area contributed by atoms with Crippen LogP contribution in [0.1, 0.15) is 33.4 Å². The number of halogens is 3. The number of thiophene rings is 1. The average Bonchev–Trinajstić information content (AvgIpc) is 3.41. The van der Waals surface area contributed by atoms with Crippen LogP contribution in [0.4, 0.5) is 0 Å². The van der Waals surface area contributed by atoms with E-state index in [9.17, 15) is 4.79 Å². The van der Waals surface area contributed by atoms with Crippen LogP contribution in [-0.2, 0) is 10.3 Å². The van der Waals surface area contributed by atoms with Gasteiger partial charge in [-0.1, -0.05) is 59.1 Å². The van der Waals surface area contributed by atoms with E-state index in [-0.39, 0.29) is 0 Å². The predicted molar refractivity (Wildman–Crippen MR) is 143 cm³/mol. The number of aromatic nitrogens is 2. The maximum Gasteiger partial charge on any atom is 0.349 e. The standard InChI is InChI=1S/C27H19Cl3N2O2S/c1-16-23-15-24(35-25(23)32(31-16)22-13-11-21(30)12-14-22)26(33)34-27(2,17-3-7-19(28)8-4-17)18-5-9-20(29)10-6-18/h3-15H,1-2H3. The van der Waals surface area contributed by atoms with Crippen LogP contribution in [-0.4, -0.2) is 15.7 Å². The van der Waals surface area contributed by atoms with Gasteiger partial charge in [0.15, 0.2) is 5.60 Å². The lowest BCUT2D eigenvalue weighted by Gasteiger charge is -2.30. The molecule has 3 aromatic carbocycles. The molecule has 0 aliphatic rings. The minimum Gasteiger partial charge on any atom is -0.445 e. The van der Waals surface area contributed by atoms with E-state index in [4.69, 9.17) is 39.5 Å². The fourth-order valence-electron chi connectivity index (χ4n) is 3.96. The lowest BCUT2D eigenvalue weighted by atomic mass is 9.88. The van der Waals surface area contributed by atoms with E-state index in [1.165, 1.54) is 11.3 Å². The van der Waals surface area contributed by atoms with Crippen LogP contribution < -0.4 is 0 Å². The molecular weight excluding hydrogens is 523 g/mol. The zero-order chi connectivity index (χ0) is 24.7. The van der Waals surface area contributed by atoms with Gasteiger partial charge in [0.1, 0.15) is 9.71 Å². The first-order valence-electron chi connectivity index (χ1n) is 10.7. The summed E-state index contributed by atoms with van der Waals surface area (Å²) in [5.41, 5.74) is 2.22. The van der Waals surface area contributed by atoms with Gasteiger partial charge in [0.05, 0.1) is 11.4 Å². The van der Waals surface area contributed by atoms with Gasteiger partial charge in [-0.25, -0.2) is 9.48 Å². The van der Waals surface area contributed by atoms with Crippen molar-refractivity contribution in [3.8, 4) is 5.69 Å². The summed E-state index contributed by atoms with van der Waals surface area (Å²) < 4.78 is 8.03. The molecule has 8 heteroatoms. The summed E-state index contributed by atoms with van der Waals surface area (Å²) in [6.45, 7) is 3.79. The lowest BCUT2D eigenvalue weighted by Crippen LogP contribution is -2.30. The highest BCUT2D eigenvalue weighted by atomic mass is 35.5. The second-order valence-corrected chi connectivity index (χ2v) is 10.6. The highest BCUT2D eigenvalue weighted by molar-refractivity contribution is 7.20. The van der Waals surface area contributed by atoms with Crippen molar-refractivity contribution in [1.82, 2.24) is 9.78 Å². The SMILES string of the molecule is Cc1nn(-c2ccc(Cl)cc2)c2sc(C(=O)OC(C)(c3ccc(Cl)cc3)c3ccc(Cl)cc3)cc12. The van der Waals surface area contributed by atoms with Crippen LogP contribution in [0, 0.1) is 6.92 Å². The third-order valence-electron chi connectivity index (χ3n) is 5.90. The molecule has 0 saturated carbocycles. The number of benzene rings is 3. The summed E-state index contributed by atoms with van der Waals surface area (Å²) in [5, 5.41) is 7.39. The Balaban J connectivity index is 1.54. The van der Waals surface area contributed by atoms with Crippen molar-refractivity contribution >= 4 is 62.3 Å². The largest absolute Gasteiger partial charge is 0.445 e. The first kappa shape index (κ1) is 23.9. The third-order valence-corrected chi connectivity index (χ3v) is 7.75. The predicted octanol–water partition coefficient (Wildman–Crippen LogP) is 8.48. The van der Waals surface area contributed by atoms with Crippen molar-refractivity contribution in [3.63, 3.8) is 0 Å². The molecule has 0 N–H and O–H groups in total. The summed E-state index contributed by atoms with van der Waals surface area (Å²) in [6, 6.07) is 23.8. The summed E-state index contributed by atoms with van der Waals surface area (Å²) >= 11 is 19.6. The number of carbonyl (C=O) groups is 1. The van der Waals surface area contributed by atoms with Gasteiger partial charge in [-0.3, -0.25) is 0 Å². The molecule has 0 amide bonds. The molecule has 0 saturated heterocycles. The molecule has 0 spiro atoms. The molecule has 5 aromatic rings. The quantitative estimate of drug-likeness (QED) is 0.210. The number of ether oxygens (including phenoxy) is 1. The Morgan fingerprint density at radius 2 is 1.34 bits per heavy atom. The molecule has 0 aliphatic heterocycles. The van der Waals surface area contributed by atoms with E-state index in [1.54, 1.807) is 24.3 Å². The molecule has 0 fully saturated rings. The summed E-state index contributed by atoms with van der Waals surface area (Å²) in [6.07, 6.45) is 0. The van der Waals surface area contributed by atoms with E-state index in [2.05, 4.69) is 5.10 Å². The topological polar surface area (TPSA) is 44.1 Å². The molecule has 5 rings (SSSR count). The first-order valence-corrected chi connectivity index (χ1v) is 12.7. The van der Waals surface area contributed by atoms with Crippen molar-refractivity contribution < 1.29 is 9.53 Å². The van der Waals surface area contributed by atoms with Crippen LogP contribution in [0.3, 0.4) is 0 Å². The molecule has 2 aromatic heterocycles. The number of hydrogen-bond acceptors (Lipinski definition) is 4. The van der Waals surface area contributed by atoms with E-state index in [0.717, 1.165) is 32.7 Å². The summed E-state index contributed by atoms with van der Waals surface area (Å²) in [5.74, 6) is -0.430. The minimum absolute atomic E-state index is 0.430. The Kier molecular flexibility index (Phi) is 6.36. The van der Waals surface area contributed by atoms with Gasteiger partial charge in [-0.05, 0) is 79.6 Å². The highest BCUT2D eigenvalue weighted by Crippen LogP contribution is 2.37. The molecule has 2 heterocycles. The summed E-state index contributed by atoms with van der Waals surface area (Å²) in [4.78, 5) is 14.8. The molecular formula is C27H19Cl3N2O2S. The van der Waals surface area contributed by atoms with Gasteiger partial charge < -0.3 is 4.74 Å². The van der Waals surface area contributed by atoms with Crippen LogP contribution in [0.5, 0.6) is 0 Å². The average molecular weight is 542 g/mol. The van der Waals surface area contributed by atoms with Crippen LogP contribution >= 0.6 is 46.1 Å². The van der Waals surface area contributed by atoms with E-state index >= 15 is 0 Å².